The van der Waals surface area contributed by atoms with Crippen molar-refractivity contribution in [1.29, 1.82) is 0 Å². The van der Waals surface area contributed by atoms with Crippen molar-refractivity contribution in [2.45, 2.75) is 56.7 Å². The van der Waals surface area contributed by atoms with Crippen LogP contribution >= 0.6 is 11.6 Å². The van der Waals surface area contributed by atoms with Gasteiger partial charge in [0.25, 0.3) is 0 Å². The summed E-state index contributed by atoms with van der Waals surface area (Å²) in [6, 6.07) is 4.77. The monoisotopic (exact) mass is 526 g/mol. The molecule has 2 aliphatic rings. The van der Waals surface area contributed by atoms with Crippen molar-refractivity contribution < 1.29 is 12.8 Å². The van der Waals surface area contributed by atoms with E-state index >= 15 is 0 Å². The second-order valence-electron chi connectivity index (χ2n) is 9.68. The molecule has 2 fully saturated rings. The summed E-state index contributed by atoms with van der Waals surface area (Å²) in [6.07, 6.45) is 6.35. The molecule has 0 amide bonds. The first-order valence-corrected chi connectivity index (χ1v) is 14.0. The molecule has 3 aromatic heterocycles. The SMILES string of the molecule is Cc1nc2nc(C3CCS(=O)(=O)C(c4cnn(C5CC5)c4)C3)nc(-c3ccc(Cl)cc3F)c2nc1C. The van der Waals surface area contributed by atoms with Crippen LogP contribution in [0.25, 0.3) is 22.4 Å². The van der Waals surface area contributed by atoms with E-state index in [1.54, 1.807) is 18.3 Å². The summed E-state index contributed by atoms with van der Waals surface area (Å²) < 4.78 is 43.0. The molecule has 8 nitrogen and oxygen atoms in total. The predicted molar refractivity (Wildman–Crippen MR) is 134 cm³/mol. The Hall–Kier alpha value is -2.98. The average Bonchev–Trinajstić information content (AvgIpc) is 3.56. The van der Waals surface area contributed by atoms with Crippen molar-refractivity contribution in [1.82, 2.24) is 29.7 Å². The first kappa shape index (κ1) is 23.4. The molecule has 1 aromatic carbocycles. The number of benzene rings is 1. The highest BCUT2D eigenvalue weighted by Gasteiger charge is 2.39. The number of hydrogen-bond donors (Lipinski definition) is 0. The standard InChI is InChI=1S/C25H24ClFN6O2S/c1-13-14(2)30-25-23(29-13)22(19-6-3-17(26)10-20(19)27)31-24(32-25)15-7-8-36(34,35)21(9-15)16-11-28-33(12-16)18-4-5-18/h3,6,10-12,15,18,21H,4-5,7-9H2,1-2H3. The first-order chi connectivity index (χ1) is 17.2. The molecular formula is C25H24ClFN6O2S. The lowest BCUT2D eigenvalue weighted by Crippen LogP contribution is -2.27. The van der Waals surface area contributed by atoms with Gasteiger partial charge in [0.15, 0.2) is 15.5 Å². The zero-order valence-electron chi connectivity index (χ0n) is 19.8. The number of fused-ring (bicyclic) bond motifs is 1. The van der Waals surface area contributed by atoms with Gasteiger partial charge in [-0.2, -0.15) is 5.10 Å². The summed E-state index contributed by atoms with van der Waals surface area (Å²) >= 11 is 5.98. The molecule has 186 valence electrons. The van der Waals surface area contributed by atoms with Crippen molar-refractivity contribution >= 4 is 32.6 Å². The van der Waals surface area contributed by atoms with E-state index in [-0.39, 0.29) is 22.3 Å². The summed E-state index contributed by atoms with van der Waals surface area (Å²) in [5.41, 5.74) is 3.44. The Morgan fingerprint density at radius 1 is 1.06 bits per heavy atom. The summed E-state index contributed by atoms with van der Waals surface area (Å²) in [5.74, 6) is -0.310. The molecular weight excluding hydrogens is 503 g/mol. The van der Waals surface area contributed by atoms with Crippen molar-refractivity contribution in [3.63, 3.8) is 0 Å². The smallest absolute Gasteiger partial charge is 0.182 e. The van der Waals surface area contributed by atoms with E-state index in [1.165, 1.54) is 6.07 Å². The summed E-state index contributed by atoms with van der Waals surface area (Å²) in [4.78, 5) is 18.7. The number of rotatable bonds is 4. The number of nitrogens with zero attached hydrogens (tertiary/aromatic N) is 6. The molecule has 0 N–H and O–H groups in total. The number of halogens is 2. The molecule has 36 heavy (non-hydrogen) atoms. The number of hydrogen-bond acceptors (Lipinski definition) is 7. The highest BCUT2D eigenvalue weighted by molar-refractivity contribution is 7.91. The van der Waals surface area contributed by atoms with Gasteiger partial charge >= 0.3 is 0 Å². The van der Waals surface area contributed by atoms with Gasteiger partial charge in [-0.05, 0) is 57.7 Å². The Kier molecular flexibility index (Phi) is 5.56. The largest absolute Gasteiger partial charge is 0.269 e. The van der Waals surface area contributed by atoms with Gasteiger partial charge in [0, 0.05) is 28.3 Å². The van der Waals surface area contributed by atoms with Gasteiger partial charge in [0.05, 0.1) is 34.6 Å². The van der Waals surface area contributed by atoms with E-state index in [1.807, 2.05) is 24.7 Å². The second-order valence-corrected chi connectivity index (χ2v) is 12.4. The highest BCUT2D eigenvalue weighted by Crippen LogP contribution is 2.42. The fourth-order valence-corrected chi connectivity index (χ4v) is 6.91. The van der Waals surface area contributed by atoms with Gasteiger partial charge in [0.2, 0.25) is 0 Å². The quantitative estimate of drug-likeness (QED) is 0.366. The van der Waals surface area contributed by atoms with E-state index in [2.05, 4.69) is 15.1 Å². The van der Waals surface area contributed by atoms with Crippen molar-refractivity contribution in [2.75, 3.05) is 5.75 Å². The minimum atomic E-state index is -3.35. The second kappa shape index (κ2) is 8.55. The zero-order valence-corrected chi connectivity index (χ0v) is 21.4. The lowest BCUT2D eigenvalue weighted by atomic mass is 9.95. The van der Waals surface area contributed by atoms with Crippen LogP contribution in [0.3, 0.4) is 0 Å². The Morgan fingerprint density at radius 3 is 2.58 bits per heavy atom. The molecule has 4 aromatic rings. The normalized spacial score (nSPS) is 21.7. The van der Waals surface area contributed by atoms with E-state index in [4.69, 9.17) is 21.6 Å². The average molecular weight is 527 g/mol. The molecule has 6 rings (SSSR count). The van der Waals surface area contributed by atoms with Crippen molar-refractivity contribution in [3.05, 3.63) is 64.2 Å². The first-order valence-electron chi connectivity index (χ1n) is 11.9. The third-order valence-corrected chi connectivity index (χ3v) is 9.48. The topological polar surface area (TPSA) is 104 Å². The molecule has 2 atom stereocenters. The van der Waals surface area contributed by atoms with Crippen LogP contribution in [0.1, 0.15) is 65.7 Å². The molecule has 1 aliphatic heterocycles. The fraction of sp³-hybridized carbons (Fsp3) is 0.400. The van der Waals surface area contributed by atoms with Gasteiger partial charge in [-0.3, -0.25) is 4.68 Å². The molecule has 1 aliphatic carbocycles. The Balaban J connectivity index is 1.45. The molecule has 0 spiro atoms. The minimum Gasteiger partial charge on any atom is -0.269 e. The van der Waals surface area contributed by atoms with E-state index in [0.717, 1.165) is 12.8 Å². The van der Waals surface area contributed by atoms with Crippen LogP contribution in [0.2, 0.25) is 5.02 Å². The predicted octanol–water partition coefficient (Wildman–Crippen LogP) is 5.06. The van der Waals surface area contributed by atoms with Crippen LogP contribution in [0.5, 0.6) is 0 Å². The number of aromatic nitrogens is 6. The lowest BCUT2D eigenvalue weighted by molar-refractivity contribution is 0.498. The highest BCUT2D eigenvalue weighted by atomic mass is 35.5. The minimum absolute atomic E-state index is 0.0155. The molecule has 4 heterocycles. The molecule has 2 unspecified atom stereocenters. The number of sulfone groups is 1. The van der Waals surface area contributed by atoms with Crippen LogP contribution in [0, 0.1) is 19.7 Å². The van der Waals surface area contributed by atoms with Crippen molar-refractivity contribution in [3.8, 4) is 11.3 Å². The summed E-state index contributed by atoms with van der Waals surface area (Å²) in [7, 11) is -3.35. The Labute approximate surface area is 212 Å². The maximum absolute atomic E-state index is 15.0. The molecule has 1 saturated carbocycles. The molecule has 0 radical (unpaired) electrons. The fourth-order valence-electron chi connectivity index (χ4n) is 4.79. The van der Waals surface area contributed by atoms with Gasteiger partial charge in [-0.15, -0.1) is 0 Å². The van der Waals surface area contributed by atoms with Gasteiger partial charge in [0.1, 0.15) is 22.9 Å². The van der Waals surface area contributed by atoms with Crippen LogP contribution in [0.15, 0.2) is 30.6 Å². The van der Waals surface area contributed by atoms with Gasteiger partial charge in [-0.1, -0.05) is 11.6 Å². The maximum atomic E-state index is 15.0. The zero-order chi connectivity index (χ0) is 25.2. The molecule has 1 saturated heterocycles. The van der Waals surface area contributed by atoms with E-state index in [9.17, 15) is 12.8 Å². The van der Waals surface area contributed by atoms with Crippen LogP contribution in [-0.2, 0) is 9.84 Å². The Morgan fingerprint density at radius 2 is 1.83 bits per heavy atom. The molecule has 0 bridgehead atoms. The van der Waals surface area contributed by atoms with Gasteiger partial charge in [-0.25, -0.2) is 32.7 Å². The summed E-state index contributed by atoms with van der Waals surface area (Å²) in [6.45, 7) is 3.67. The Bertz CT molecular complexity index is 1620. The van der Waals surface area contributed by atoms with Gasteiger partial charge < -0.3 is 0 Å². The summed E-state index contributed by atoms with van der Waals surface area (Å²) in [5, 5.41) is 3.98. The van der Waals surface area contributed by atoms with Crippen LogP contribution in [0.4, 0.5) is 4.39 Å². The van der Waals surface area contributed by atoms with Crippen LogP contribution in [-0.4, -0.2) is 43.9 Å². The maximum Gasteiger partial charge on any atom is 0.182 e. The third-order valence-electron chi connectivity index (χ3n) is 7.11. The number of aryl methyl sites for hydroxylation is 2. The van der Waals surface area contributed by atoms with E-state index in [0.29, 0.717) is 58.5 Å². The lowest BCUT2D eigenvalue weighted by Gasteiger charge is -2.28. The third kappa shape index (κ3) is 4.16. The van der Waals surface area contributed by atoms with Crippen molar-refractivity contribution in [2.24, 2.45) is 0 Å². The van der Waals surface area contributed by atoms with Crippen LogP contribution < -0.4 is 0 Å². The van der Waals surface area contributed by atoms with E-state index < -0.39 is 20.9 Å². The molecule has 11 heteroatoms.